The highest BCUT2D eigenvalue weighted by Crippen LogP contribution is 2.43. The van der Waals surface area contributed by atoms with E-state index in [1.54, 1.807) is 0 Å². The minimum atomic E-state index is -0.373. The average molecular weight is 234 g/mol. The normalized spacial score (nSPS) is 33.1. The van der Waals surface area contributed by atoms with E-state index in [0.29, 0.717) is 31.5 Å². The van der Waals surface area contributed by atoms with Crippen LogP contribution in [0, 0.1) is 11.8 Å². The largest absolute Gasteiger partial charge is 0.393 e. The van der Waals surface area contributed by atoms with Gasteiger partial charge in [0.15, 0.2) is 0 Å². The molecule has 4 heteroatoms. The molecule has 1 fully saturated rings. The summed E-state index contributed by atoms with van der Waals surface area (Å²) in [4.78, 5) is 34.4. The van der Waals surface area contributed by atoms with Crippen molar-refractivity contribution in [3.8, 4) is 0 Å². The summed E-state index contributed by atoms with van der Waals surface area (Å²) >= 11 is 0. The number of esters is 2. The summed E-state index contributed by atoms with van der Waals surface area (Å²) in [6, 6.07) is 0. The summed E-state index contributed by atoms with van der Waals surface area (Å²) in [5, 5.41) is 0. The second kappa shape index (κ2) is 3.79. The van der Waals surface area contributed by atoms with Gasteiger partial charge in [0, 0.05) is 12.8 Å². The molecule has 1 saturated heterocycles. The number of ketones is 1. The fourth-order valence-electron chi connectivity index (χ4n) is 3.11. The van der Waals surface area contributed by atoms with Crippen molar-refractivity contribution in [2.75, 3.05) is 0 Å². The Kier molecular flexibility index (Phi) is 2.38. The molecule has 0 bridgehead atoms. The topological polar surface area (TPSA) is 60.4 Å². The molecule has 0 radical (unpaired) electrons. The van der Waals surface area contributed by atoms with Crippen molar-refractivity contribution in [3.63, 3.8) is 0 Å². The van der Waals surface area contributed by atoms with Crippen LogP contribution in [0.1, 0.15) is 38.5 Å². The van der Waals surface area contributed by atoms with E-state index in [2.05, 4.69) is 0 Å². The van der Waals surface area contributed by atoms with Gasteiger partial charge in [0.2, 0.25) is 0 Å². The highest BCUT2D eigenvalue weighted by Gasteiger charge is 2.47. The maximum Gasteiger partial charge on any atom is 0.317 e. The van der Waals surface area contributed by atoms with Gasteiger partial charge in [-0.1, -0.05) is 11.1 Å². The third-order valence-electron chi connectivity index (χ3n) is 4.14. The Morgan fingerprint density at radius 3 is 1.71 bits per heavy atom. The van der Waals surface area contributed by atoms with Gasteiger partial charge < -0.3 is 4.74 Å². The summed E-state index contributed by atoms with van der Waals surface area (Å²) in [5.74, 6) is -1.02. The first-order valence-corrected chi connectivity index (χ1v) is 6.12. The van der Waals surface area contributed by atoms with Crippen LogP contribution in [0.4, 0.5) is 0 Å². The van der Waals surface area contributed by atoms with Crippen LogP contribution in [0.5, 0.6) is 0 Å². The smallest absolute Gasteiger partial charge is 0.317 e. The van der Waals surface area contributed by atoms with Gasteiger partial charge in [-0.05, 0) is 25.7 Å². The number of carbonyl (C=O) groups is 3. The highest BCUT2D eigenvalue weighted by atomic mass is 16.6. The molecule has 2 atom stereocenters. The van der Waals surface area contributed by atoms with Crippen molar-refractivity contribution in [3.05, 3.63) is 11.1 Å². The quantitative estimate of drug-likeness (QED) is 0.362. The zero-order chi connectivity index (χ0) is 12.0. The number of cyclic esters (lactones) is 2. The fraction of sp³-hybridized carbons (Fsp3) is 0.615. The van der Waals surface area contributed by atoms with Gasteiger partial charge in [0.1, 0.15) is 5.78 Å². The maximum atomic E-state index is 11.5. The van der Waals surface area contributed by atoms with Crippen molar-refractivity contribution >= 4 is 17.7 Å². The van der Waals surface area contributed by atoms with Crippen LogP contribution >= 0.6 is 0 Å². The summed E-state index contributed by atoms with van der Waals surface area (Å²) in [5.41, 5.74) is 2.45. The van der Waals surface area contributed by atoms with Crippen LogP contribution in [-0.2, 0) is 19.1 Å². The molecule has 2 aliphatic carbocycles. The highest BCUT2D eigenvalue weighted by molar-refractivity contribution is 5.97. The minimum Gasteiger partial charge on any atom is -0.393 e. The predicted octanol–water partition coefficient (Wildman–Crippen LogP) is 1.54. The van der Waals surface area contributed by atoms with E-state index in [0.717, 1.165) is 12.8 Å². The van der Waals surface area contributed by atoms with Crippen molar-refractivity contribution in [1.82, 2.24) is 0 Å². The molecule has 0 aromatic rings. The predicted molar refractivity (Wildman–Crippen MR) is 57.8 cm³/mol. The molecule has 1 heterocycles. The van der Waals surface area contributed by atoms with Crippen LogP contribution in [0.3, 0.4) is 0 Å². The number of ether oxygens (including phenoxy) is 1. The first-order chi connectivity index (χ1) is 8.15. The Morgan fingerprint density at radius 2 is 1.24 bits per heavy atom. The van der Waals surface area contributed by atoms with Crippen LogP contribution in [0.25, 0.3) is 0 Å². The molecule has 17 heavy (non-hydrogen) atoms. The van der Waals surface area contributed by atoms with Gasteiger partial charge in [-0.3, -0.25) is 14.4 Å². The van der Waals surface area contributed by atoms with E-state index in [4.69, 9.17) is 4.74 Å². The fourth-order valence-corrected chi connectivity index (χ4v) is 3.11. The van der Waals surface area contributed by atoms with Gasteiger partial charge in [0.05, 0.1) is 11.8 Å². The first-order valence-electron chi connectivity index (χ1n) is 6.12. The second-order valence-corrected chi connectivity index (χ2v) is 5.11. The Morgan fingerprint density at radius 1 is 0.765 bits per heavy atom. The molecule has 1 aliphatic heterocycles. The lowest BCUT2D eigenvalue weighted by Crippen LogP contribution is -2.23. The van der Waals surface area contributed by atoms with Gasteiger partial charge in [-0.25, -0.2) is 0 Å². The molecule has 0 aromatic heterocycles. The Balaban J connectivity index is 1.87. The summed E-state index contributed by atoms with van der Waals surface area (Å²) in [6.07, 6.45) is 3.94. The number of fused-ring (bicyclic) bond motifs is 1. The standard InChI is InChI=1S/C13H14O4/c14-9-3-1-7-5-10-11(6-8(7)2-4-9)13(16)17-12(10)15/h10-11H,1-6H2/t10-,11+. The van der Waals surface area contributed by atoms with Crippen LogP contribution in [-0.4, -0.2) is 17.7 Å². The van der Waals surface area contributed by atoms with E-state index >= 15 is 0 Å². The zero-order valence-electron chi connectivity index (χ0n) is 9.53. The zero-order valence-corrected chi connectivity index (χ0v) is 9.53. The maximum absolute atomic E-state index is 11.5. The van der Waals surface area contributed by atoms with E-state index in [9.17, 15) is 14.4 Å². The number of hydrogen-bond acceptors (Lipinski definition) is 4. The molecule has 4 nitrogen and oxygen atoms in total. The lowest BCUT2D eigenvalue weighted by molar-refractivity contribution is -0.153. The van der Waals surface area contributed by atoms with Crippen LogP contribution in [0.2, 0.25) is 0 Å². The summed E-state index contributed by atoms with van der Waals surface area (Å²) in [6.45, 7) is 0. The molecule has 0 N–H and O–H groups in total. The molecule has 90 valence electrons. The Hall–Kier alpha value is -1.45. The number of rotatable bonds is 0. The second-order valence-electron chi connectivity index (χ2n) is 5.11. The molecule has 3 aliphatic rings. The van der Waals surface area contributed by atoms with E-state index in [1.807, 2.05) is 0 Å². The molecule has 0 saturated carbocycles. The molecule has 0 aromatic carbocycles. The Bertz CT molecular complexity index is 408. The van der Waals surface area contributed by atoms with Gasteiger partial charge >= 0.3 is 11.9 Å². The van der Waals surface area contributed by atoms with Crippen molar-refractivity contribution in [2.24, 2.45) is 11.8 Å². The lowest BCUT2D eigenvalue weighted by atomic mass is 9.76. The number of allylic oxidation sites excluding steroid dienone is 2. The monoisotopic (exact) mass is 234 g/mol. The lowest BCUT2D eigenvalue weighted by Gasteiger charge is -2.24. The third-order valence-corrected chi connectivity index (χ3v) is 4.14. The van der Waals surface area contributed by atoms with Crippen molar-refractivity contribution in [1.29, 1.82) is 0 Å². The summed E-state index contributed by atoms with van der Waals surface area (Å²) < 4.78 is 4.70. The van der Waals surface area contributed by atoms with Crippen LogP contribution < -0.4 is 0 Å². The molecular weight excluding hydrogens is 220 g/mol. The van der Waals surface area contributed by atoms with Gasteiger partial charge in [-0.2, -0.15) is 0 Å². The number of Topliss-reactive ketones (excluding diaryl/α,β-unsaturated/α-hetero) is 1. The van der Waals surface area contributed by atoms with E-state index < -0.39 is 0 Å². The third kappa shape index (κ3) is 1.72. The van der Waals surface area contributed by atoms with E-state index in [1.165, 1.54) is 11.1 Å². The Labute approximate surface area is 99.0 Å². The van der Waals surface area contributed by atoms with E-state index in [-0.39, 0.29) is 23.8 Å². The first kappa shape index (κ1) is 10.7. The van der Waals surface area contributed by atoms with Gasteiger partial charge in [-0.15, -0.1) is 0 Å². The number of carbonyl (C=O) groups excluding carboxylic acids is 3. The van der Waals surface area contributed by atoms with Gasteiger partial charge in [0.25, 0.3) is 0 Å². The average Bonchev–Trinajstić information content (AvgIpc) is 2.49. The molecular formula is C13H14O4. The molecule has 0 amide bonds. The summed E-state index contributed by atoms with van der Waals surface area (Å²) in [7, 11) is 0. The van der Waals surface area contributed by atoms with Crippen molar-refractivity contribution < 1.29 is 19.1 Å². The molecule has 0 unspecified atom stereocenters. The molecule has 0 spiro atoms. The molecule has 3 rings (SSSR count). The minimum absolute atomic E-state index is 0.283. The SMILES string of the molecule is O=C1CCC2=C(CC1)C[C@H]1C(=O)OC(=O)[C@H]1C2. The van der Waals surface area contributed by atoms with Crippen LogP contribution in [0.15, 0.2) is 11.1 Å². The van der Waals surface area contributed by atoms with Crippen molar-refractivity contribution in [2.45, 2.75) is 38.5 Å². The number of hydrogen-bond donors (Lipinski definition) is 0.